The van der Waals surface area contributed by atoms with Gasteiger partial charge in [-0.2, -0.15) is 0 Å². The minimum atomic E-state index is 0.820. The lowest BCUT2D eigenvalue weighted by molar-refractivity contribution is 0.715. The summed E-state index contributed by atoms with van der Waals surface area (Å²) in [6.45, 7) is 9.24. The molecule has 0 heterocycles. The first-order valence-corrected chi connectivity index (χ1v) is 9.80. The van der Waals surface area contributed by atoms with Crippen LogP contribution in [0.1, 0.15) is 66.2 Å². The summed E-state index contributed by atoms with van der Waals surface area (Å²) < 4.78 is 0. The Labute approximate surface area is 108 Å². The van der Waals surface area contributed by atoms with Crippen LogP contribution in [0.15, 0.2) is 0 Å². The van der Waals surface area contributed by atoms with Gasteiger partial charge in [-0.25, -0.2) is 0 Å². The molecule has 0 radical (unpaired) electrons. The van der Waals surface area contributed by atoms with Crippen molar-refractivity contribution < 1.29 is 0 Å². The van der Waals surface area contributed by atoms with E-state index in [1.807, 2.05) is 9.83 Å². The summed E-state index contributed by atoms with van der Waals surface area (Å²) in [6.07, 6.45) is 8.16. The third-order valence-corrected chi connectivity index (χ3v) is 7.48. The molecule has 0 aliphatic heterocycles. The Morgan fingerprint density at radius 1 is 0.800 bits per heavy atom. The molecule has 0 amide bonds. The normalized spacial score (nSPS) is 15.2. The van der Waals surface area contributed by atoms with E-state index in [9.17, 15) is 0 Å². The molecule has 0 N–H and O–H groups in total. The van der Waals surface area contributed by atoms with Crippen molar-refractivity contribution >= 4 is 31.4 Å². The Balaban J connectivity index is 3.27. The predicted molar refractivity (Wildman–Crippen MR) is 80.7 cm³/mol. The average Bonchev–Trinajstić information content (AvgIpc) is 2.23. The van der Waals surface area contributed by atoms with Gasteiger partial charge in [-0.3, -0.25) is 0 Å². The quantitative estimate of drug-likeness (QED) is 0.434. The van der Waals surface area contributed by atoms with Crippen molar-refractivity contribution in [2.45, 2.75) is 76.7 Å². The monoisotopic (exact) mass is 266 g/mol. The second kappa shape index (κ2) is 11.5. The fourth-order valence-electron chi connectivity index (χ4n) is 1.24. The van der Waals surface area contributed by atoms with Crippen LogP contribution >= 0.6 is 31.4 Å². The zero-order valence-electron chi connectivity index (χ0n) is 10.6. The highest BCUT2D eigenvalue weighted by molar-refractivity contribution is 9.09. The molecule has 0 bridgehead atoms. The maximum Gasteiger partial charge on any atom is 0.0131 e. The second-order valence-corrected chi connectivity index (χ2v) is 9.08. The van der Waals surface area contributed by atoms with Crippen molar-refractivity contribution in [3.8, 4) is 0 Å². The molecule has 2 atom stereocenters. The Morgan fingerprint density at radius 2 is 1.20 bits per heavy atom. The third kappa shape index (κ3) is 11.3. The molecule has 0 rings (SSSR count). The molecular formula is C12H26S3. The summed E-state index contributed by atoms with van der Waals surface area (Å²) in [6, 6.07) is 0. The topological polar surface area (TPSA) is 0 Å². The summed E-state index contributed by atoms with van der Waals surface area (Å²) in [5.74, 6) is 0. The molecule has 0 aliphatic rings. The lowest BCUT2D eigenvalue weighted by Crippen LogP contribution is -1.94. The van der Waals surface area contributed by atoms with Gasteiger partial charge in [0.1, 0.15) is 0 Å². The predicted octanol–water partition coefficient (Wildman–Crippen LogP) is 6.17. The largest absolute Gasteiger partial charge is 0.0794 e. The van der Waals surface area contributed by atoms with Gasteiger partial charge in [0, 0.05) is 10.5 Å². The Hall–Kier alpha value is 1.05. The van der Waals surface area contributed by atoms with Crippen LogP contribution in [0.3, 0.4) is 0 Å². The minimum absolute atomic E-state index is 0.820. The summed E-state index contributed by atoms with van der Waals surface area (Å²) in [5.41, 5.74) is 0. The van der Waals surface area contributed by atoms with Crippen LogP contribution < -0.4 is 0 Å². The van der Waals surface area contributed by atoms with Gasteiger partial charge in [-0.1, -0.05) is 75.0 Å². The number of rotatable bonds is 10. The first-order chi connectivity index (χ1) is 7.20. The maximum atomic E-state index is 2.35. The fraction of sp³-hybridized carbons (Fsp3) is 1.00. The van der Waals surface area contributed by atoms with E-state index < -0.39 is 0 Å². The summed E-state index contributed by atoms with van der Waals surface area (Å²) in [4.78, 5) is 0. The standard InChI is InChI=1S/C12H26S3/c1-5-7-9-11(3)13-15-14-12(4)10-8-6-2/h11-12H,5-10H2,1-4H3. The SMILES string of the molecule is CCCCC(C)SSSC(C)CCCC. The van der Waals surface area contributed by atoms with E-state index in [0.29, 0.717) is 0 Å². The highest BCUT2D eigenvalue weighted by atomic mass is 33.5. The molecule has 15 heavy (non-hydrogen) atoms. The van der Waals surface area contributed by atoms with E-state index in [4.69, 9.17) is 0 Å². The summed E-state index contributed by atoms with van der Waals surface area (Å²) in [5, 5.41) is 1.64. The fourth-order valence-corrected chi connectivity index (χ4v) is 6.42. The van der Waals surface area contributed by atoms with Crippen molar-refractivity contribution in [1.29, 1.82) is 0 Å². The summed E-state index contributed by atoms with van der Waals surface area (Å²) in [7, 11) is 6.12. The molecule has 0 nitrogen and oxygen atoms in total. The molecule has 0 saturated carbocycles. The molecule has 3 heteroatoms. The number of hydrogen-bond acceptors (Lipinski definition) is 3. The molecule has 92 valence electrons. The van der Waals surface area contributed by atoms with Crippen LogP contribution in [0.2, 0.25) is 0 Å². The van der Waals surface area contributed by atoms with E-state index in [2.05, 4.69) is 49.3 Å². The van der Waals surface area contributed by atoms with Gasteiger partial charge in [0.05, 0.1) is 0 Å². The Morgan fingerprint density at radius 3 is 1.53 bits per heavy atom. The van der Waals surface area contributed by atoms with Gasteiger partial charge in [-0.15, -0.1) is 0 Å². The van der Waals surface area contributed by atoms with E-state index in [-0.39, 0.29) is 0 Å². The molecule has 0 aromatic heterocycles. The first-order valence-electron chi connectivity index (χ1n) is 6.19. The highest BCUT2D eigenvalue weighted by Gasteiger charge is 2.06. The van der Waals surface area contributed by atoms with Crippen molar-refractivity contribution in [3.05, 3.63) is 0 Å². The minimum Gasteiger partial charge on any atom is -0.0794 e. The molecule has 0 aromatic carbocycles. The second-order valence-electron chi connectivity index (χ2n) is 4.17. The lowest BCUT2D eigenvalue weighted by Gasteiger charge is -2.12. The molecule has 0 aliphatic carbocycles. The van der Waals surface area contributed by atoms with Crippen LogP contribution in [-0.2, 0) is 0 Å². The molecule has 0 saturated heterocycles. The number of unbranched alkanes of at least 4 members (excludes halogenated alkanes) is 2. The zero-order chi connectivity index (χ0) is 11.5. The molecule has 0 fully saturated rings. The Bertz CT molecular complexity index is 114. The van der Waals surface area contributed by atoms with Crippen LogP contribution in [0.25, 0.3) is 0 Å². The van der Waals surface area contributed by atoms with Crippen LogP contribution in [-0.4, -0.2) is 10.5 Å². The molecule has 0 aromatic rings. The third-order valence-electron chi connectivity index (χ3n) is 2.34. The van der Waals surface area contributed by atoms with Crippen molar-refractivity contribution in [2.24, 2.45) is 0 Å². The molecular weight excluding hydrogens is 240 g/mol. The summed E-state index contributed by atoms with van der Waals surface area (Å²) >= 11 is 0. The van der Waals surface area contributed by atoms with Gasteiger partial charge in [0.25, 0.3) is 0 Å². The van der Waals surface area contributed by atoms with Gasteiger partial charge in [0.2, 0.25) is 0 Å². The van der Waals surface area contributed by atoms with Crippen LogP contribution in [0.5, 0.6) is 0 Å². The molecule has 0 spiro atoms. The van der Waals surface area contributed by atoms with Crippen molar-refractivity contribution in [3.63, 3.8) is 0 Å². The van der Waals surface area contributed by atoms with Crippen molar-refractivity contribution in [1.82, 2.24) is 0 Å². The maximum absolute atomic E-state index is 2.35. The molecule has 2 unspecified atom stereocenters. The number of hydrogen-bond donors (Lipinski definition) is 0. The highest BCUT2D eigenvalue weighted by Crippen LogP contribution is 2.42. The van der Waals surface area contributed by atoms with Crippen LogP contribution in [0.4, 0.5) is 0 Å². The zero-order valence-corrected chi connectivity index (χ0v) is 13.1. The van der Waals surface area contributed by atoms with Gasteiger partial charge in [-0.05, 0) is 22.7 Å². The first kappa shape index (κ1) is 16.1. The van der Waals surface area contributed by atoms with Crippen LogP contribution in [0, 0.1) is 0 Å². The average molecular weight is 267 g/mol. The Kier molecular flexibility index (Phi) is 12.3. The van der Waals surface area contributed by atoms with Gasteiger partial charge >= 0.3 is 0 Å². The smallest absolute Gasteiger partial charge is 0.0131 e. The van der Waals surface area contributed by atoms with Gasteiger partial charge < -0.3 is 0 Å². The van der Waals surface area contributed by atoms with E-state index in [1.54, 1.807) is 0 Å². The van der Waals surface area contributed by atoms with E-state index in [0.717, 1.165) is 10.5 Å². The lowest BCUT2D eigenvalue weighted by atomic mass is 10.2. The van der Waals surface area contributed by atoms with Gasteiger partial charge in [0.15, 0.2) is 0 Å². The van der Waals surface area contributed by atoms with Crippen molar-refractivity contribution in [2.75, 3.05) is 0 Å². The van der Waals surface area contributed by atoms with E-state index >= 15 is 0 Å². The van der Waals surface area contributed by atoms with E-state index in [1.165, 1.54) is 38.5 Å².